The lowest BCUT2D eigenvalue weighted by Gasteiger charge is -2.27. The molecule has 0 saturated heterocycles. The minimum absolute atomic E-state index is 1.10. The van der Waals surface area contributed by atoms with Gasteiger partial charge < -0.3 is 9.47 Å². The first kappa shape index (κ1) is 32.0. The fourth-order valence-electron chi connectivity index (χ4n) is 8.81. The molecule has 0 atom stereocenters. The topological polar surface area (TPSA) is 8.17 Å². The highest BCUT2D eigenvalue weighted by atomic mass is 15.1. The lowest BCUT2D eigenvalue weighted by atomic mass is 9.94. The molecule has 262 valence electrons. The van der Waals surface area contributed by atoms with Crippen LogP contribution >= 0.6 is 0 Å². The quantitative estimate of drug-likeness (QED) is 0.156. The van der Waals surface area contributed by atoms with Crippen LogP contribution in [0.3, 0.4) is 0 Å². The molecule has 11 aromatic rings. The van der Waals surface area contributed by atoms with Crippen molar-refractivity contribution >= 4 is 71.2 Å². The van der Waals surface area contributed by atoms with Gasteiger partial charge in [0.1, 0.15) is 0 Å². The summed E-state index contributed by atoms with van der Waals surface area (Å²) in [5.74, 6) is 0. The zero-order valence-electron chi connectivity index (χ0n) is 30.7. The van der Waals surface area contributed by atoms with E-state index in [1.54, 1.807) is 0 Å². The van der Waals surface area contributed by atoms with Crippen LogP contribution in [0.2, 0.25) is 0 Å². The van der Waals surface area contributed by atoms with E-state index in [1.807, 2.05) is 0 Å². The van der Waals surface area contributed by atoms with E-state index in [9.17, 15) is 0 Å². The maximum atomic E-state index is 2.44. The Morgan fingerprint density at radius 1 is 0.304 bits per heavy atom. The van der Waals surface area contributed by atoms with Crippen molar-refractivity contribution in [3.8, 4) is 27.9 Å². The number of anilines is 3. The van der Waals surface area contributed by atoms with Crippen LogP contribution in [0.5, 0.6) is 0 Å². The van der Waals surface area contributed by atoms with Gasteiger partial charge in [0.2, 0.25) is 0 Å². The summed E-state index contributed by atoms with van der Waals surface area (Å²) in [5, 5.41) is 9.98. The van der Waals surface area contributed by atoms with Crippen LogP contribution < -0.4 is 4.90 Å². The van der Waals surface area contributed by atoms with Crippen molar-refractivity contribution in [2.45, 2.75) is 0 Å². The first-order valence-corrected chi connectivity index (χ1v) is 19.3. The zero-order chi connectivity index (χ0) is 37.0. The summed E-state index contributed by atoms with van der Waals surface area (Å²) in [6.45, 7) is 0. The molecule has 0 radical (unpaired) electrons. The summed E-state index contributed by atoms with van der Waals surface area (Å²) in [7, 11) is 0. The van der Waals surface area contributed by atoms with Gasteiger partial charge in [0.05, 0.1) is 16.7 Å². The molecule has 0 saturated carbocycles. The van der Waals surface area contributed by atoms with Crippen molar-refractivity contribution in [1.82, 2.24) is 4.57 Å². The number of para-hydroxylation sites is 2. The number of fused-ring (bicyclic) bond motifs is 8. The molecular weight excluding hydrogens is 677 g/mol. The van der Waals surface area contributed by atoms with Gasteiger partial charge in [-0.15, -0.1) is 0 Å². The maximum absolute atomic E-state index is 2.44. The number of hydrogen-bond donors (Lipinski definition) is 0. The van der Waals surface area contributed by atoms with E-state index in [2.05, 4.69) is 228 Å². The lowest BCUT2D eigenvalue weighted by molar-refractivity contribution is 1.18. The molecule has 0 amide bonds. The summed E-state index contributed by atoms with van der Waals surface area (Å²) < 4.78 is 2.38. The Kier molecular flexibility index (Phi) is 7.53. The molecule has 0 fully saturated rings. The molecule has 2 nitrogen and oxygen atoms in total. The third kappa shape index (κ3) is 5.19. The van der Waals surface area contributed by atoms with E-state index >= 15 is 0 Å². The summed E-state index contributed by atoms with van der Waals surface area (Å²) in [5.41, 5.74) is 11.7. The van der Waals surface area contributed by atoms with Crippen LogP contribution in [0.15, 0.2) is 218 Å². The molecule has 0 spiro atoms. The monoisotopic (exact) mass is 712 g/mol. The minimum atomic E-state index is 1.10. The third-order valence-electron chi connectivity index (χ3n) is 11.4. The molecule has 0 aliphatic rings. The molecule has 10 aromatic carbocycles. The lowest BCUT2D eigenvalue weighted by Crippen LogP contribution is -2.10. The van der Waals surface area contributed by atoms with E-state index in [1.165, 1.54) is 76.4 Å². The molecule has 0 N–H and O–H groups in total. The highest BCUT2D eigenvalue weighted by molar-refractivity contribution is 6.20. The number of nitrogens with zero attached hydrogens (tertiary/aromatic N) is 2. The Bertz CT molecular complexity index is 3230. The highest BCUT2D eigenvalue weighted by Crippen LogP contribution is 2.44. The molecule has 1 heterocycles. The number of hydrogen-bond acceptors (Lipinski definition) is 1. The maximum Gasteiger partial charge on any atom is 0.0542 e. The Morgan fingerprint density at radius 2 is 0.857 bits per heavy atom. The Morgan fingerprint density at radius 3 is 1.66 bits per heavy atom. The standard InChI is InChI=1S/C54H36N2/c1-3-14-37(15-4-1)43-19-9-10-20-44(43)39-26-29-41(30-27-39)55(52-25-13-23-46-48-32-28-38-16-7-8-21-45(38)47(48)33-34-50(46)52)42-31-35-54-51(36-42)49-22-11-12-24-53(49)56(54)40-17-5-2-6-18-40/h1-36H. The van der Waals surface area contributed by atoms with Crippen molar-refractivity contribution in [1.29, 1.82) is 0 Å². The molecule has 1 aromatic heterocycles. The molecule has 0 bridgehead atoms. The molecule has 56 heavy (non-hydrogen) atoms. The number of aromatic nitrogens is 1. The van der Waals surface area contributed by atoms with Gasteiger partial charge in [-0.3, -0.25) is 0 Å². The van der Waals surface area contributed by atoms with Crippen molar-refractivity contribution in [2.75, 3.05) is 4.90 Å². The minimum Gasteiger partial charge on any atom is -0.310 e. The van der Waals surface area contributed by atoms with Gasteiger partial charge in [-0.1, -0.05) is 164 Å². The Balaban J connectivity index is 1.13. The fourth-order valence-corrected chi connectivity index (χ4v) is 8.81. The molecule has 0 aliphatic carbocycles. The van der Waals surface area contributed by atoms with E-state index in [0.29, 0.717) is 0 Å². The molecule has 2 heteroatoms. The first-order valence-electron chi connectivity index (χ1n) is 19.3. The smallest absolute Gasteiger partial charge is 0.0542 e. The van der Waals surface area contributed by atoms with E-state index in [4.69, 9.17) is 0 Å². The Labute approximate surface area is 325 Å². The normalized spacial score (nSPS) is 11.6. The zero-order valence-corrected chi connectivity index (χ0v) is 30.7. The van der Waals surface area contributed by atoms with Gasteiger partial charge >= 0.3 is 0 Å². The third-order valence-corrected chi connectivity index (χ3v) is 11.4. The van der Waals surface area contributed by atoms with Gasteiger partial charge in [0.15, 0.2) is 0 Å². The predicted octanol–water partition coefficient (Wildman–Crippen LogP) is 15.0. The molecule has 11 rings (SSSR count). The largest absolute Gasteiger partial charge is 0.310 e. The van der Waals surface area contributed by atoms with Crippen LogP contribution in [0.4, 0.5) is 17.1 Å². The van der Waals surface area contributed by atoms with E-state index in [-0.39, 0.29) is 0 Å². The average molecular weight is 713 g/mol. The van der Waals surface area contributed by atoms with Gasteiger partial charge in [-0.05, 0) is 104 Å². The second-order valence-electron chi connectivity index (χ2n) is 14.5. The number of rotatable bonds is 6. The van der Waals surface area contributed by atoms with E-state index < -0.39 is 0 Å². The van der Waals surface area contributed by atoms with Crippen LogP contribution in [-0.2, 0) is 0 Å². The summed E-state index contributed by atoms with van der Waals surface area (Å²) in [6, 6.07) is 79.5. The van der Waals surface area contributed by atoms with E-state index in [0.717, 1.165) is 22.7 Å². The van der Waals surface area contributed by atoms with Gasteiger partial charge in [-0.25, -0.2) is 0 Å². The molecule has 0 aliphatic heterocycles. The van der Waals surface area contributed by atoms with Crippen LogP contribution in [0, 0.1) is 0 Å². The van der Waals surface area contributed by atoms with Crippen LogP contribution in [0.25, 0.3) is 82.1 Å². The number of benzene rings is 10. The second-order valence-corrected chi connectivity index (χ2v) is 14.5. The average Bonchev–Trinajstić information content (AvgIpc) is 3.61. The first-order chi connectivity index (χ1) is 27.8. The van der Waals surface area contributed by atoms with Crippen molar-refractivity contribution < 1.29 is 0 Å². The van der Waals surface area contributed by atoms with Crippen molar-refractivity contribution in [3.05, 3.63) is 218 Å². The highest BCUT2D eigenvalue weighted by Gasteiger charge is 2.20. The van der Waals surface area contributed by atoms with Gasteiger partial charge in [-0.2, -0.15) is 0 Å². The van der Waals surface area contributed by atoms with Crippen molar-refractivity contribution in [2.24, 2.45) is 0 Å². The fraction of sp³-hybridized carbons (Fsp3) is 0. The SMILES string of the molecule is c1ccc(-c2ccccc2-c2ccc(N(c3ccc4c(c3)c3ccccc3n4-c3ccccc3)c3cccc4c3ccc3c5ccccc5ccc43)cc2)cc1. The second kappa shape index (κ2) is 13.2. The summed E-state index contributed by atoms with van der Waals surface area (Å²) in [4.78, 5) is 2.44. The van der Waals surface area contributed by atoms with Gasteiger partial charge in [0.25, 0.3) is 0 Å². The van der Waals surface area contributed by atoms with Gasteiger partial charge in [0, 0.05) is 33.2 Å². The van der Waals surface area contributed by atoms with Crippen molar-refractivity contribution in [3.63, 3.8) is 0 Å². The summed E-state index contributed by atoms with van der Waals surface area (Å²) in [6.07, 6.45) is 0. The Hall–Kier alpha value is -7.42. The molecular formula is C54H36N2. The molecule has 0 unspecified atom stereocenters. The van der Waals surface area contributed by atoms with Crippen LogP contribution in [0.1, 0.15) is 0 Å². The summed E-state index contributed by atoms with van der Waals surface area (Å²) >= 11 is 0. The van der Waals surface area contributed by atoms with Crippen LogP contribution in [-0.4, -0.2) is 4.57 Å². The predicted molar refractivity (Wildman–Crippen MR) is 239 cm³/mol.